The number of nitrogens with zero attached hydrogens (tertiary/aromatic N) is 1. The fourth-order valence-electron chi connectivity index (χ4n) is 0.642. The molecule has 1 N–H and O–H groups in total. The van der Waals surface area contributed by atoms with Crippen molar-refractivity contribution in [2.24, 2.45) is 4.99 Å². The van der Waals surface area contributed by atoms with Gasteiger partial charge in [0.1, 0.15) is 5.71 Å². The second-order valence-corrected chi connectivity index (χ2v) is 1.76. The van der Waals surface area contributed by atoms with Crippen molar-refractivity contribution in [1.29, 1.82) is 0 Å². The lowest BCUT2D eigenvalue weighted by molar-refractivity contribution is -0.129. The summed E-state index contributed by atoms with van der Waals surface area (Å²) in [5, 5.41) is 8.25. The van der Waals surface area contributed by atoms with E-state index in [0.717, 1.165) is 0 Å². The third-order valence-electron chi connectivity index (χ3n) is 1.08. The Hall–Kier alpha value is -1.19. The van der Waals surface area contributed by atoms with Gasteiger partial charge in [0, 0.05) is 12.8 Å². The normalized spacial score (nSPS) is 17.8. The van der Waals surface area contributed by atoms with Crippen LogP contribution in [0.5, 0.6) is 0 Å². The Morgan fingerprint density at radius 3 is 2.44 bits per heavy atom. The Labute approximate surface area is 51.2 Å². The van der Waals surface area contributed by atoms with Crippen LogP contribution < -0.4 is 0 Å². The number of amides is 1. The van der Waals surface area contributed by atoms with E-state index in [1.807, 2.05) is 0 Å². The highest BCUT2D eigenvalue weighted by atomic mass is 16.4. The summed E-state index contributed by atoms with van der Waals surface area (Å²) < 4.78 is 0. The van der Waals surface area contributed by atoms with Gasteiger partial charge in [-0.1, -0.05) is 0 Å². The van der Waals surface area contributed by atoms with E-state index in [2.05, 4.69) is 4.99 Å². The van der Waals surface area contributed by atoms with Gasteiger partial charge >= 0.3 is 5.97 Å². The zero-order chi connectivity index (χ0) is 6.85. The molecule has 0 aromatic rings. The van der Waals surface area contributed by atoms with Gasteiger partial charge in [-0.3, -0.25) is 4.79 Å². The third-order valence-corrected chi connectivity index (χ3v) is 1.08. The molecule has 0 saturated heterocycles. The van der Waals surface area contributed by atoms with Crippen molar-refractivity contribution in [2.45, 2.75) is 12.8 Å². The second kappa shape index (κ2) is 1.97. The molecule has 0 bridgehead atoms. The molecule has 0 saturated carbocycles. The fraction of sp³-hybridized carbons (Fsp3) is 0.400. The first-order valence-corrected chi connectivity index (χ1v) is 2.54. The number of hydrogen-bond donors (Lipinski definition) is 1. The number of carbonyl (C=O) groups excluding carboxylic acids is 1. The predicted molar refractivity (Wildman–Crippen MR) is 29.3 cm³/mol. The number of hydrogen-bond acceptors (Lipinski definition) is 2. The van der Waals surface area contributed by atoms with Crippen molar-refractivity contribution in [1.82, 2.24) is 0 Å². The van der Waals surface area contributed by atoms with Crippen LogP contribution in [0.4, 0.5) is 0 Å². The Balaban J connectivity index is 2.74. The van der Waals surface area contributed by atoms with Crippen molar-refractivity contribution < 1.29 is 14.7 Å². The van der Waals surface area contributed by atoms with Crippen LogP contribution in [0.3, 0.4) is 0 Å². The molecule has 0 fully saturated rings. The molecule has 48 valence electrons. The summed E-state index contributed by atoms with van der Waals surface area (Å²) in [6.45, 7) is 0. The van der Waals surface area contributed by atoms with Gasteiger partial charge in [0.2, 0.25) is 5.91 Å². The van der Waals surface area contributed by atoms with E-state index in [4.69, 9.17) is 5.11 Å². The minimum atomic E-state index is -1.08. The highest BCUT2D eigenvalue weighted by Crippen LogP contribution is 2.04. The summed E-state index contributed by atoms with van der Waals surface area (Å²) in [6.07, 6.45) is 0.537. The summed E-state index contributed by atoms with van der Waals surface area (Å²) in [5.74, 6) is -1.41. The van der Waals surface area contributed by atoms with Crippen LogP contribution in [0.15, 0.2) is 4.99 Å². The summed E-state index contributed by atoms with van der Waals surface area (Å²) >= 11 is 0. The smallest absolute Gasteiger partial charge is 0.350 e. The van der Waals surface area contributed by atoms with Crippen molar-refractivity contribution >= 4 is 17.6 Å². The van der Waals surface area contributed by atoms with Gasteiger partial charge in [-0.2, -0.15) is 0 Å². The summed E-state index contributed by atoms with van der Waals surface area (Å²) in [4.78, 5) is 23.6. The molecule has 1 amide bonds. The monoisotopic (exact) mass is 127 g/mol. The number of aliphatic imine (C=N–C) groups is 1. The van der Waals surface area contributed by atoms with Crippen molar-refractivity contribution in [3.05, 3.63) is 0 Å². The fourth-order valence-corrected chi connectivity index (χ4v) is 0.642. The van der Waals surface area contributed by atoms with Crippen LogP contribution in [0.25, 0.3) is 0 Å². The highest BCUT2D eigenvalue weighted by molar-refractivity contribution is 6.39. The Morgan fingerprint density at radius 1 is 1.56 bits per heavy atom. The molecule has 1 aliphatic rings. The summed E-state index contributed by atoms with van der Waals surface area (Å²) in [6, 6.07) is 0. The number of carboxylic acid groups (broad SMARTS) is 1. The van der Waals surface area contributed by atoms with E-state index in [9.17, 15) is 9.59 Å². The van der Waals surface area contributed by atoms with Crippen LogP contribution in [-0.2, 0) is 9.59 Å². The largest absolute Gasteiger partial charge is 0.477 e. The number of carbonyl (C=O) groups is 2. The first kappa shape index (κ1) is 5.94. The Kier molecular flexibility index (Phi) is 1.30. The van der Waals surface area contributed by atoms with Crippen LogP contribution in [-0.4, -0.2) is 22.7 Å². The number of aliphatic carboxylic acids is 1. The first-order valence-electron chi connectivity index (χ1n) is 2.54. The lowest BCUT2D eigenvalue weighted by Gasteiger charge is -1.83. The SMILES string of the molecule is O=C1CCC(C(=O)O)=N1. The molecule has 1 aliphatic heterocycles. The minimum Gasteiger partial charge on any atom is -0.477 e. The molecule has 0 spiro atoms. The summed E-state index contributed by atoms with van der Waals surface area (Å²) in [7, 11) is 0. The maximum Gasteiger partial charge on any atom is 0.350 e. The molecule has 0 unspecified atom stereocenters. The van der Waals surface area contributed by atoms with E-state index in [-0.39, 0.29) is 24.5 Å². The molecule has 0 aromatic heterocycles. The highest BCUT2D eigenvalue weighted by Gasteiger charge is 2.18. The van der Waals surface area contributed by atoms with E-state index in [1.165, 1.54) is 0 Å². The van der Waals surface area contributed by atoms with Gasteiger partial charge in [-0.05, 0) is 0 Å². The zero-order valence-corrected chi connectivity index (χ0v) is 4.63. The average molecular weight is 127 g/mol. The number of carboxylic acids is 1. The maximum absolute atomic E-state index is 10.3. The molecular weight excluding hydrogens is 122 g/mol. The first-order chi connectivity index (χ1) is 4.20. The summed E-state index contributed by atoms with van der Waals surface area (Å²) in [5.41, 5.74) is -0.0139. The quantitative estimate of drug-likeness (QED) is 0.531. The molecule has 4 heteroatoms. The van der Waals surface area contributed by atoms with Crippen molar-refractivity contribution in [3.8, 4) is 0 Å². The van der Waals surface area contributed by atoms with Gasteiger partial charge in [-0.15, -0.1) is 0 Å². The lowest BCUT2D eigenvalue weighted by Crippen LogP contribution is -2.08. The van der Waals surface area contributed by atoms with Crippen LogP contribution in [0.1, 0.15) is 12.8 Å². The Morgan fingerprint density at radius 2 is 2.22 bits per heavy atom. The second-order valence-electron chi connectivity index (χ2n) is 1.76. The predicted octanol–water partition coefficient (Wildman–Crippen LogP) is -0.168. The van der Waals surface area contributed by atoms with Gasteiger partial charge in [-0.25, -0.2) is 9.79 Å². The Bertz CT molecular complexity index is 194. The van der Waals surface area contributed by atoms with Gasteiger partial charge < -0.3 is 5.11 Å². The molecule has 0 radical (unpaired) electrons. The van der Waals surface area contributed by atoms with E-state index in [1.54, 1.807) is 0 Å². The van der Waals surface area contributed by atoms with Gasteiger partial charge in [0.05, 0.1) is 0 Å². The molecule has 1 heterocycles. The van der Waals surface area contributed by atoms with Gasteiger partial charge in [0.15, 0.2) is 0 Å². The van der Waals surface area contributed by atoms with Crippen molar-refractivity contribution in [2.75, 3.05) is 0 Å². The molecule has 9 heavy (non-hydrogen) atoms. The van der Waals surface area contributed by atoms with E-state index < -0.39 is 5.97 Å². The van der Waals surface area contributed by atoms with Crippen molar-refractivity contribution in [3.63, 3.8) is 0 Å². The topological polar surface area (TPSA) is 66.7 Å². The van der Waals surface area contributed by atoms with E-state index >= 15 is 0 Å². The number of rotatable bonds is 1. The molecule has 0 aliphatic carbocycles. The van der Waals surface area contributed by atoms with Gasteiger partial charge in [0.25, 0.3) is 0 Å². The molecule has 1 rings (SSSR count). The molecule has 0 atom stereocenters. The third kappa shape index (κ3) is 1.13. The van der Waals surface area contributed by atoms with Crippen LogP contribution in [0, 0.1) is 0 Å². The standard InChI is InChI=1S/C5H5NO3/c7-4-2-1-3(6-4)5(8)9/h1-2H2,(H,8,9). The van der Waals surface area contributed by atoms with Crippen LogP contribution >= 0.6 is 0 Å². The lowest BCUT2D eigenvalue weighted by atomic mass is 10.2. The van der Waals surface area contributed by atoms with Crippen LogP contribution in [0.2, 0.25) is 0 Å². The molecular formula is C5H5NO3. The maximum atomic E-state index is 10.3. The molecule has 0 aromatic carbocycles. The average Bonchev–Trinajstić information content (AvgIpc) is 2.14. The minimum absolute atomic E-state index is 0.0139. The zero-order valence-electron chi connectivity index (χ0n) is 4.63. The van der Waals surface area contributed by atoms with E-state index in [0.29, 0.717) is 0 Å². The molecule has 4 nitrogen and oxygen atoms in total.